The van der Waals surface area contributed by atoms with E-state index in [0.29, 0.717) is 48.9 Å². The third-order valence-electron chi connectivity index (χ3n) is 4.89. The molecule has 1 aromatic carbocycles. The Hall–Kier alpha value is -2.08. The largest absolute Gasteiger partial charge is 0.466 e. The molecular formula is C19H23ClN2O4. The number of halogens is 1. The molecule has 2 aliphatic rings. The van der Waals surface area contributed by atoms with Crippen molar-refractivity contribution in [2.24, 2.45) is 5.92 Å². The van der Waals surface area contributed by atoms with Crippen LogP contribution in [-0.4, -0.2) is 48.9 Å². The molecule has 2 saturated heterocycles. The number of esters is 1. The summed E-state index contributed by atoms with van der Waals surface area (Å²) in [6.45, 7) is 3.70. The van der Waals surface area contributed by atoms with Crippen LogP contribution in [0.25, 0.3) is 0 Å². The molecule has 0 saturated carbocycles. The molecule has 26 heavy (non-hydrogen) atoms. The molecule has 7 heteroatoms. The van der Waals surface area contributed by atoms with Gasteiger partial charge in [0, 0.05) is 31.6 Å². The Kier molecular flexibility index (Phi) is 5.81. The summed E-state index contributed by atoms with van der Waals surface area (Å²) < 4.78 is 5.09. The number of likely N-dealkylation sites (tertiary alicyclic amines) is 1. The highest BCUT2D eigenvalue weighted by Gasteiger charge is 2.31. The van der Waals surface area contributed by atoms with Crippen LogP contribution < -0.4 is 4.90 Å². The van der Waals surface area contributed by atoms with Crippen LogP contribution in [0.4, 0.5) is 5.69 Å². The zero-order chi connectivity index (χ0) is 18.7. The van der Waals surface area contributed by atoms with Crippen molar-refractivity contribution in [1.82, 2.24) is 4.90 Å². The van der Waals surface area contributed by atoms with Crippen LogP contribution in [0.1, 0.15) is 43.0 Å². The lowest BCUT2D eigenvalue weighted by Crippen LogP contribution is -2.42. The molecule has 0 aliphatic carbocycles. The van der Waals surface area contributed by atoms with Crippen molar-refractivity contribution < 1.29 is 19.1 Å². The summed E-state index contributed by atoms with van der Waals surface area (Å²) in [7, 11) is 0. The van der Waals surface area contributed by atoms with Gasteiger partial charge in [-0.25, -0.2) is 0 Å². The average Bonchev–Trinajstić information content (AvgIpc) is 3.07. The van der Waals surface area contributed by atoms with Crippen LogP contribution in [-0.2, 0) is 14.3 Å². The second-order valence-electron chi connectivity index (χ2n) is 6.66. The molecule has 2 amide bonds. The Bertz CT molecular complexity index is 721. The molecule has 0 spiro atoms. The molecule has 6 nitrogen and oxygen atoms in total. The fourth-order valence-electron chi connectivity index (χ4n) is 3.55. The summed E-state index contributed by atoms with van der Waals surface area (Å²) in [5, 5.41) is 0.458. The number of nitrogens with zero attached hydrogens (tertiary/aromatic N) is 2. The zero-order valence-corrected chi connectivity index (χ0v) is 15.6. The van der Waals surface area contributed by atoms with E-state index in [1.807, 2.05) is 0 Å². The number of carbonyl (C=O) groups is 3. The molecule has 0 N–H and O–H groups in total. The average molecular weight is 379 g/mol. The summed E-state index contributed by atoms with van der Waals surface area (Å²) in [5.41, 5.74) is 1.06. The first-order chi connectivity index (χ1) is 12.5. The molecular weight excluding hydrogens is 356 g/mol. The van der Waals surface area contributed by atoms with Gasteiger partial charge in [0.05, 0.1) is 23.2 Å². The maximum atomic E-state index is 12.9. The van der Waals surface area contributed by atoms with E-state index in [1.165, 1.54) is 0 Å². The molecule has 3 rings (SSSR count). The van der Waals surface area contributed by atoms with Crippen molar-refractivity contribution in [3.05, 3.63) is 28.8 Å². The number of benzene rings is 1. The number of ether oxygens (including phenoxy) is 1. The number of carbonyl (C=O) groups excluding carboxylic acids is 3. The predicted octanol–water partition coefficient (Wildman–Crippen LogP) is 2.88. The normalized spacial score (nSPS) is 20.4. The van der Waals surface area contributed by atoms with Gasteiger partial charge in [-0.05, 0) is 44.4 Å². The molecule has 2 heterocycles. The minimum absolute atomic E-state index is 0.0249. The lowest BCUT2D eigenvalue weighted by molar-refractivity contribution is -0.149. The van der Waals surface area contributed by atoms with Crippen LogP contribution in [0, 0.1) is 5.92 Å². The van der Waals surface area contributed by atoms with Crippen molar-refractivity contribution >= 4 is 35.1 Å². The topological polar surface area (TPSA) is 66.9 Å². The number of hydrogen-bond donors (Lipinski definition) is 0. The summed E-state index contributed by atoms with van der Waals surface area (Å²) in [4.78, 5) is 40.2. The second kappa shape index (κ2) is 8.08. The Balaban J connectivity index is 1.77. The van der Waals surface area contributed by atoms with Gasteiger partial charge < -0.3 is 14.5 Å². The highest BCUT2D eigenvalue weighted by atomic mass is 35.5. The number of anilines is 1. The molecule has 1 atom stereocenters. The van der Waals surface area contributed by atoms with E-state index in [1.54, 1.807) is 34.9 Å². The molecule has 2 aliphatic heterocycles. The van der Waals surface area contributed by atoms with Crippen molar-refractivity contribution in [3.8, 4) is 0 Å². The maximum Gasteiger partial charge on any atom is 0.310 e. The maximum absolute atomic E-state index is 12.9. The zero-order valence-electron chi connectivity index (χ0n) is 14.9. The number of hydrogen-bond acceptors (Lipinski definition) is 4. The number of amides is 2. The first-order valence-electron chi connectivity index (χ1n) is 9.07. The van der Waals surface area contributed by atoms with E-state index in [2.05, 4.69) is 0 Å². The van der Waals surface area contributed by atoms with E-state index in [0.717, 1.165) is 19.3 Å². The van der Waals surface area contributed by atoms with Crippen molar-refractivity contribution in [1.29, 1.82) is 0 Å². The summed E-state index contributed by atoms with van der Waals surface area (Å²) in [6.07, 6.45) is 2.79. The Morgan fingerprint density at radius 2 is 2.08 bits per heavy atom. The SMILES string of the molecule is CCOC(=O)C1CCCN(C(=O)c2ccc(Cl)c(N3CCCC3=O)c2)C1. The molecule has 0 bridgehead atoms. The number of rotatable bonds is 4. The van der Waals surface area contributed by atoms with Crippen molar-refractivity contribution in [3.63, 3.8) is 0 Å². The second-order valence-corrected chi connectivity index (χ2v) is 7.06. The monoisotopic (exact) mass is 378 g/mol. The van der Waals surface area contributed by atoms with Crippen molar-refractivity contribution in [2.45, 2.75) is 32.6 Å². The lowest BCUT2D eigenvalue weighted by atomic mass is 9.97. The van der Waals surface area contributed by atoms with Crippen LogP contribution in [0.3, 0.4) is 0 Å². The Labute approximate surface area is 158 Å². The van der Waals surface area contributed by atoms with Crippen LogP contribution in [0.5, 0.6) is 0 Å². The molecule has 0 aromatic heterocycles. The fourth-order valence-corrected chi connectivity index (χ4v) is 3.77. The van der Waals surface area contributed by atoms with Crippen molar-refractivity contribution in [2.75, 3.05) is 31.1 Å². The number of piperidine rings is 1. The van der Waals surface area contributed by atoms with Gasteiger partial charge in [-0.1, -0.05) is 11.6 Å². The molecule has 2 fully saturated rings. The Morgan fingerprint density at radius 3 is 2.77 bits per heavy atom. The van der Waals surface area contributed by atoms with Gasteiger partial charge in [0.2, 0.25) is 5.91 Å². The minimum atomic E-state index is -0.278. The standard InChI is InChI=1S/C19H23ClN2O4/c1-2-26-19(25)14-5-3-9-21(12-14)18(24)13-7-8-15(20)16(11-13)22-10-4-6-17(22)23/h7-8,11,14H,2-6,9-10,12H2,1H3. The van der Waals surface area contributed by atoms with Gasteiger partial charge in [0.25, 0.3) is 5.91 Å². The first-order valence-corrected chi connectivity index (χ1v) is 9.45. The van der Waals surface area contributed by atoms with Crippen LogP contribution in [0.2, 0.25) is 5.02 Å². The van der Waals surface area contributed by atoms with E-state index in [-0.39, 0.29) is 23.7 Å². The Morgan fingerprint density at radius 1 is 1.27 bits per heavy atom. The van der Waals surface area contributed by atoms with Gasteiger partial charge in [0.1, 0.15) is 0 Å². The summed E-state index contributed by atoms with van der Waals surface area (Å²) >= 11 is 6.25. The van der Waals surface area contributed by atoms with Gasteiger partial charge in [-0.2, -0.15) is 0 Å². The molecule has 0 radical (unpaired) electrons. The van der Waals surface area contributed by atoms with Crippen LogP contribution in [0.15, 0.2) is 18.2 Å². The highest BCUT2D eigenvalue weighted by molar-refractivity contribution is 6.34. The van der Waals surface area contributed by atoms with E-state index in [4.69, 9.17) is 16.3 Å². The van der Waals surface area contributed by atoms with E-state index >= 15 is 0 Å². The van der Waals surface area contributed by atoms with Gasteiger partial charge >= 0.3 is 5.97 Å². The quantitative estimate of drug-likeness (QED) is 0.755. The summed E-state index contributed by atoms with van der Waals surface area (Å²) in [6, 6.07) is 5.01. The molecule has 1 aromatic rings. The van der Waals surface area contributed by atoms with Gasteiger partial charge in [-0.15, -0.1) is 0 Å². The molecule has 140 valence electrons. The minimum Gasteiger partial charge on any atom is -0.466 e. The predicted molar refractivity (Wildman–Crippen MR) is 98.3 cm³/mol. The van der Waals surface area contributed by atoms with Crippen LogP contribution >= 0.6 is 11.6 Å². The fraction of sp³-hybridized carbons (Fsp3) is 0.526. The highest BCUT2D eigenvalue weighted by Crippen LogP contribution is 2.31. The third-order valence-corrected chi connectivity index (χ3v) is 5.21. The van der Waals surface area contributed by atoms with Gasteiger partial charge in [-0.3, -0.25) is 14.4 Å². The lowest BCUT2D eigenvalue weighted by Gasteiger charge is -2.31. The van der Waals surface area contributed by atoms with E-state index < -0.39 is 0 Å². The first kappa shape index (κ1) is 18.7. The molecule has 1 unspecified atom stereocenters. The summed E-state index contributed by atoms with van der Waals surface area (Å²) in [5.74, 6) is -0.649. The third kappa shape index (κ3) is 3.85. The van der Waals surface area contributed by atoms with Gasteiger partial charge in [0.15, 0.2) is 0 Å². The smallest absolute Gasteiger partial charge is 0.310 e. The van der Waals surface area contributed by atoms with E-state index in [9.17, 15) is 14.4 Å².